The SMILES string of the molecule is COC(=O)[C@@H](c1cc(N2CCC(OC3CCC(Oc4cc(N5[C@@H]6CC[C@@H]5CN(C(=O)OC(C)(C)C)C6)ccn4)CC3)CC2)no1)C(C)C. The van der Waals surface area contributed by atoms with E-state index < -0.39 is 11.5 Å². The van der Waals surface area contributed by atoms with Crippen LogP contribution >= 0.6 is 0 Å². The van der Waals surface area contributed by atoms with E-state index >= 15 is 0 Å². The largest absolute Gasteiger partial charge is 0.474 e. The van der Waals surface area contributed by atoms with Gasteiger partial charge in [0.15, 0.2) is 11.6 Å². The highest BCUT2D eigenvalue weighted by Gasteiger charge is 2.43. The zero-order valence-corrected chi connectivity index (χ0v) is 29.4. The number of hydrogen-bond acceptors (Lipinski definition) is 11. The summed E-state index contributed by atoms with van der Waals surface area (Å²) in [6.45, 7) is 12.7. The summed E-state index contributed by atoms with van der Waals surface area (Å²) in [5, 5.41) is 4.27. The summed E-state index contributed by atoms with van der Waals surface area (Å²) in [5.74, 6) is 1.28. The Kier molecular flexibility index (Phi) is 10.4. The zero-order valence-electron chi connectivity index (χ0n) is 29.4. The van der Waals surface area contributed by atoms with Crippen LogP contribution in [-0.2, 0) is 19.0 Å². The molecule has 0 N–H and O–H groups in total. The van der Waals surface area contributed by atoms with Crippen molar-refractivity contribution in [1.82, 2.24) is 15.0 Å². The minimum absolute atomic E-state index is 0.0504. The van der Waals surface area contributed by atoms with Gasteiger partial charge in [-0.1, -0.05) is 19.0 Å². The van der Waals surface area contributed by atoms with Gasteiger partial charge in [0, 0.05) is 62.3 Å². The number of rotatable bonds is 9. The monoisotopic (exact) mass is 667 g/mol. The molecule has 0 radical (unpaired) electrons. The Bertz CT molecular complexity index is 1380. The van der Waals surface area contributed by atoms with E-state index in [-0.39, 0.29) is 48.4 Å². The van der Waals surface area contributed by atoms with Gasteiger partial charge in [0.2, 0.25) is 5.88 Å². The van der Waals surface area contributed by atoms with Gasteiger partial charge in [-0.05, 0) is 84.1 Å². The predicted octanol–water partition coefficient (Wildman–Crippen LogP) is 5.95. The molecule has 2 aromatic heterocycles. The molecule has 4 aliphatic rings. The molecule has 5 heterocycles. The maximum atomic E-state index is 12.7. The molecule has 1 amide bonds. The lowest BCUT2D eigenvalue weighted by Crippen LogP contribution is -2.56. The van der Waals surface area contributed by atoms with Gasteiger partial charge in [-0.25, -0.2) is 9.78 Å². The molecule has 264 valence electrons. The van der Waals surface area contributed by atoms with Crippen molar-refractivity contribution in [1.29, 1.82) is 0 Å². The van der Waals surface area contributed by atoms with Crippen LogP contribution in [0.1, 0.15) is 97.7 Å². The van der Waals surface area contributed by atoms with E-state index in [9.17, 15) is 9.59 Å². The Labute approximate surface area is 284 Å². The number of aromatic nitrogens is 2. The highest BCUT2D eigenvalue weighted by Crippen LogP contribution is 2.37. The molecule has 3 saturated heterocycles. The maximum absolute atomic E-state index is 12.7. The fourth-order valence-corrected chi connectivity index (χ4v) is 7.79. The first kappa shape index (κ1) is 34.3. The number of anilines is 2. The number of amides is 1. The lowest BCUT2D eigenvalue weighted by Gasteiger charge is -2.42. The van der Waals surface area contributed by atoms with Gasteiger partial charge in [0.05, 0.1) is 19.3 Å². The van der Waals surface area contributed by atoms with E-state index in [4.69, 9.17) is 23.5 Å². The van der Waals surface area contributed by atoms with Crippen LogP contribution in [-0.4, -0.2) is 96.4 Å². The Morgan fingerprint density at radius 2 is 1.56 bits per heavy atom. The molecule has 3 atom stereocenters. The first-order chi connectivity index (χ1) is 23.0. The van der Waals surface area contributed by atoms with Crippen molar-refractivity contribution in [2.75, 3.05) is 43.1 Å². The third-order valence-electron chi connectivity index (χ3n) is 10.2. The normalized spacial score (nSPS) is 25.7. The van der Waals surface area contributed by atoms with Gasteiger partial charge in [-0.15, -0.1) is 0 Å². The molecule has 2 aromatic rings. The number of esters is 1. The molecular formula is C36H53N5O7. The van der Waals surface area contributed by atoms with Crippen LogP contribution < -0.4 is 14.5 Å². The second-order valence-electron chi connectivity index (χ2n) is 15.2. The molecule has 6 rings (SSSR count). The summed E-state index contributed by atoms with van der Waals surface area (Å²) in [5.41, 5.74) is 0.621. The van der Waals surface area contributed by atoms with Crippen LogP contribution in [0.25, 0.3) is 0 Å². The Balaban J connectivity index is 0.943. The van der Waals surface area contributed by atoms with Gasteiger partial charge in [0.25, 0.3) is 0 Å². The third-order valence-corrected chi connectivity index (χ3v) is 10.2. The molecule has 3 aliphatic heterocycles. The van der Waals surface area contributed by atoms with Gasteiger partial charge in [-0.3, -0.25) is 4.79 Å². The Morgan fingerprint density at radius 3 is 2.19 bits per heavy atom. The molecule has 12 heteroatoms. The molecule has 4 fully saturated rings. The molecule has 2 bridgehead atoms. The molecule has 48 heavy (non-hydrogen) atoms. The van der Waals surface area contributed by atoms with Crippen LogP contribution in [0.5, 0.6) is 5.88 Å². The standard InChI is InChI=1S/C36H53N5O7/c1-23(2)33(34(42)44-6)30-20-31(38-48-30)39-17-14-29(15-18-39)45-27-9-11-28(12-10-27)46-32-19-24(13-16-37-32)41-25-7-8-26(41)22-40(21-25)35(43)47-36(3,4)5/h13,16,19-20,23,25-29,33H,7-12,14-15,17-18,21-22H2,1-6H3/t25-,26-,27?,28?,33-/m1/s1. The average molecular weight is 668 g/mol. The first-order valence-electron chi connectivity index (χ1n) is 17.8. The smallest absolute Gasteiger partial charge is 0.410 e. The fraction of sp³-hybridized carbons (Fsp3) is 0.722. The van der Waals surface area contributed by atoms with Gasteiger partial charge in [0.1, 0.15) is 17.6 Å². The molecule has 0 aromatic carbocycles. The van der Waals surface area contributed by atoms with Crippen molar-refractivity contribution in [2.24, 2.45) is 5.92 Å². The summed E-state index contributed by atoms with van der Waals surface area (Å²) in [6.07, 6.45) is 9.98. The van der Waals surface area contributed by atoms with Crippen LogP contribution in [0, 0.1) is 5.92 Å². The van der Waals surface area contributed by atoms with Gasteiger partial charge < -0.3 is 38.2 Å². The average Bonchev–Trinajstić information content (AvgIpc) is 3.63. The molecule has 0 spiro atoms. The van der Waals surface area contributed by atoms with E-state index in [1.165, 1.54) is 7.11 Å². The molecule has 1 aliphatic carbocycles. The Hall–Kier alpha value is -3.54. The van der Waals surface area contributed by atoms with Crippen molar-refractivity contribution in [3.8, 4) is 5.88 Å². The maximum Gasteiger partial charge on any atom is 0.410 e. The van der Waals surface area contributed by atoms with Crippen molar-refractivity contribution in [3.05, 3.63) is 30.2 Å². The van der Waals surface area contributed by atoms with E-state index in [0.717, 1.165) is 76.0 Å². The van der Waals surface area contributed by atoms with E-state index in [1.54, 1.807) is 0 Å². The number of carbonyl (C=O) groups is 2. The van der Waals surface area contributed by atoms with Crippen molar-refractivity contribution in [3.63, 3.8) is 0 Å². The number of hydrogen-bond donors (Lipinski definition) is 0. The van der Waals surface area contributed by atoms with Gasteiger partial charge >= 0.3 is 12.1 Å². The highest BCUT2D eigenvalue weighted by atomic mass is 16.6. The number of fused-ring (bicyclic) bond motifs is 2. The summed E-state index contributed by atoms with van der Waals surface area (Å²) in [6, 6.07) is 6.54. The number of piperidine rings is 1. The number of pyridine rings is 1. The van der Waals surface area contributed by atoms with Gasteiger partial charge in [-0.2, -0.15) is 0 Å². The lowest BCUT2D eigenvalue weighted by molar-refractivity contribution is -0.144. The van der Waals surface area contributed by atoms with Crippen molar-refractivity contribution < 1.29 is 33.1 Å². The number of ether oxygens (including phenoxy) is 4. The van der Waals surface area contributed by atoms with Crippen LogP contribution in [0.3, 0.4) is 0 Å². The topological polar surface area (TPSA) is 120 Å². The Morgan fingerprint density at radius 1 is 0.917 bits per heavy atom. The molecular weight excluding hydrogens is 614 g/mol. The van der Waals surface area contributed by atoms with Crippen LogP contribution in [0.15, 0.2) is 28.9 Å². The van der Waals surface area contributed by atoms with Crippen LogP contribution in [0.2, 0.25) is 0 Å². The summed E-state index contributed by atoms with van der Waals surface area (Å²) >= 11 is 0. The van der Waals surface area contributed by atoms with Crippen molar-refractivity contribution >= 4 is 23.6 Å². The lowest BCUT2D eigenvalue weighted by atomic mass is 9.93. The fourth-order valence-electron chi connectivity index (χ4n) is 7.79. The minimum atomic E-state index is -0.495. The highest BCUT2D eigenvalue weighted by molar-refractivity contribution is 5.77. The van der Waals surface area contributed by atoms with Crippen LogP contribution in [0.4, 0.5) is 16.3 Å². The second-order valence-corrected chi connectivity index (χ2v) is 15.2. The third kappa shape index (κ3) is 8.01. The molecule has 0 unspecified atom stereocenters. The second kappa shape index (κ2) is 14.5. The van der Waals surface area contributed by atoms with E-state index in [1.807, 2.05) is 51.8 Å². The number of carbonyl (C=O) groups excluding carboxylic acids is 2. The summed E-state index contributed by atoms with van der Waals surface area (Å²) in [7, 11) is 1.40. The number of piperazine rings is 1. The molecule has 1 saturated carbocycles. The van der Waals surface area contributed by atoms with Crippen molar-refractivity contribution in [2.45, 2.75) is 128 Å². The predicted molar refractivity (Wildman–Crippen MR) is 180 cm³/mol. The minimum Gasteiger partial charge on any atom is -0.474 e. The summed E-state index contributed by atoms with van der Waals surface area (Å²) in [4.78, 5) is 36.1. The number of nitrogens with zero attached hydrogens (tertiary/aromatic N) is 5. The first-order valence-corrected chi connectivity index (χ1v) is 17.8. The number of likely N-dealkylation sites (tertiary alicyclic amines) is 1. The van der Waals surface area contributed by atoms with E-state index in [2.05, 4.69) is 32.1 Å². The molecule has 12 nitrogen and oxygen atoms in total. The number of methoxy groups -OCH3 is 1. The summed E-state index contributed by atoms with van der Waals surface area (Å²) < 4.78 is 29.2. The van der Waals surface area contributed by atoms with E-state index in [0.29, 0.717) is 24.7 Å². The zero-order chi connectivity index (χ0) is 34.0. The quantitative estimate of drug-likeness (QED) is 0.295.